The molecule has 5 heteroatoms. The first kappa shape index (κ1) is 11.8. The van der Waals surface area contributed by atoms with Gasteiger partial charge in [0, 0.05) is 18.6 Å². The van der Waals surface area contributed by atoms with E-state index in [1.54, 1.807) is 4.90 Å². The summed E-state index contributed by atoms with van der Waals surface area (Å²) < 4.78 is 4.65. The van der Waals surface area contributed by atoms with Crippen LogP contribution >= 0.6 is 0 Å². The molecule has 0 radical (unpaired) electrons. The number of likely N-dealkylation sites (tertiary alicyclic amines) is 1. The smallest absolute Gasteiger partial charge is 0.359 e. The number of ether oxygens (including phenoxy) is 1. The average molecular weight is 214 g/mol. The molecule has 5 nitrogen and oxygen atoms in total. The molecule has 1 N–H and O–H groups in total. The molecule has 0 aromatic rings. The SMILES string of the molecule is CC(C)(C)NC(=O)OC(=O)N1CCCC1. The number of hydrogen-bond acceptors (Lipinski definition) is 3. The predicted molar refractivity (Wildman–Crippen MR) is 55.6 cm³/mol. The van der Waals surface area contributed by atoms with Gasteiger partial charge in [0.1, 0.15) is 0 Å². The van der Waals surface area contributed by atoms with Gasteiger partial charge in [-0.15, -0.1) is 0 Å². The lowest BCUT2D eigenvalue weighted by Gasteiger charge is -2.21. The molecule has 2 amide bonds. The van der Waals surface area contributed by atoms with Crippen molar-refractivity contribution >= 4 is 12.2 Å². The molecule has 0 saturated carbocycles. The monoisotopic (exact) mass is 214 g/mol. The van der Waals surface area contributed by atoms with Crippen LogP contribution in [0.25, 0.3) is 0 Å². The van der Waals surface area contributed by atoms with Crippen molar-refractivity contribution < 1.29 is 14.3 Å². The van der Waals surface area contributed by atoms with Crippen LogP contribution in [-0.2, 0) is 4.74 Å². The van der Waals surface area contributed by atoms with Crippen molar-refractivity contribution in [2.45, 2.75) is 39.2 Å². The quantitative estimate of drug-likeness (QED) is 0.625. The van der Waals surface area contributed by atoms with Gasteiger partial charge in [-0.25, -0.2) is 9.59 Å². The van der Waals surface area contributed by atoms with Gasteiger partial charge in [-0.3, -0.25) is 0 Å². The largest absolute Gasteiger partial charge is 0.418 e. The standard InChI is InChI=1S/C10H18N2O3/c1-10(2,3)11-8(13)15-9(14)12-6-4-5-7-12/h4-7H2,1-3H3,(H,11,13). The number of hydrogen-bond donors (Lipinski definition) is 1. The average Bonchev–Trinajstić information content (AvgIpc) is 2.50. The van der Waals surface area contributed by atoms with Crippen molar-refractivity contribution in [2.75, 3.05) is 13.1 Å². The fraction of sp³-hybridized carbons (Fsp3) is 0.800. The van der Waals surface area contributed by atoms with E-state index in [9.17, 15) is 9.59 Å². The van der Waals surface area contributed by atoms with Crippen LogP contribution in [0.4, 0.5) is 9.59 Å². The van der Waals surface area contributed by atoms with Crippen LogP contribution in [-0.4, -0.2) is 35.7 Å². The van der Waals surface area contributed by atoms with Crippen LogP contribution in [0.2, 0.25) is 0 Å². The second-order valence-corrected chi connectivity index (χ2v) is 4.72. The van der Waals surface area contributed by atoms with Gasteiger partial charge in [-0.1, -0.05) is 0 Å². The molecule has 1 aliphatic heterocycles. The van der Waals surface area contributed by atoms with Gasteiger partial charge in [0.15, 0.2) is 0 Å². The summed E-state index contributed by atoms with van der Waals surface area (Å²) in [5, 5.41) is 2.56. The van der Waals surface area contributed by atoms with Gasteiger partial charge in [0.05, 0.1) is 0 Å². The molecule has 0 bridgehead atoms. The Kier molecular flexibility index (Phi) is 3.55. The second kappa shape index (κ2) is 4.51. The lowest BCUT2D eigenvalue weighted by Crippen LogP contribution is -2.43. The third-order valence-corrected chi connectivity index (χ3v) is 2.02. The fourth-order valence-electron chi connectivity index (χ4n) is 1.38. The van der Waals surface area contributed by atoms with Crippen LogP contribution in [0.1, 0.15) is 33.6 Å². The first-order valence-electron chi connectivity index (χ1n) is 5.17. The van der Waals surface area contributed by atoms with Crippen molar-refractivity contribution in [1.82, 2.24) is 10.2 Å². The molecule has 0 unspecified atom stereocenters. The number of amides is 2. The Balaban J connectivity index is 2.34. The Morgan fingerprint density at radius 1 is 1.20 bits per heavy atom. The van der Waals surface area contributed by atoms with Gasteiger partial charge < -0.3 is 15.0 Å². The van der Waals surface area contributed by atoms with E-state index in [0.29, 0.717) is 13.1 Å². The van der Waals surface area contributed by atoms with Crippen LogP contribution in [0.15, 0.2) is 0 Å². The predicted octanol–water partition coefficient (Wildman–Crippen LogP) is 1.73. The van der Waals surface area contributed by atoms with E-state index in [0.717, 1.165) is 12.8 Å². The van der Waals surface area contributed by atoms with Gasteiger partial charge >= 0.3 is 12.2 Å². The van der Waals surface area contributed by atoms with Crippen molar-refractivity contribution in [1.29, 1.82) is 0 Å². The van der Waals surface area contributed by atoms with Gasteiger partial charge in [-0.2, -0.15) is 0 Å². The Bertz CT molecular complexity index is 252. The minimum atomic E-state index is -0.681. The molecule has 0 aromatic carbocycles. The highest BCUT2D eigenvalue weighted by Crippen LogP contribution is 2.09. The van der Waals surface area contributed by atoms with Crippen molar-refractivity contribution in [3.8, 4) is 0 Å². The van der Waals surface area contributed by atoms with Crippen LogP contribution in [0.5, 0.6) is 0 Å². The van der Waals surface area contributed by atoms with Crippen molar-refractivity contribution in [3.63, 3.8) is 0 Å². The Morgan fingerprint density at radius 3 is 2.20 bits per heavy atom. The Morgan fingerprint density at radius 2 is 1.73 bits per heavy atom. The zero-order chi connectivity index (χ0) is 11.5. The molecule has 1 heterocycles. The highest BCUT2D eigenvalue weighted by Gasteiger charge is 2.23. The van der Waals surface area contributed by atoms with E-state index in [2.05, 4.69) is 10.1 Å². The van der Waals surface area contributed by atoms with E-state index in [1.807, 2.05) is 20.8 Å². The summed E-state index contributed by atoms with van der Waals surface area (Å²) in [4.78, 5) is 24.2. The molecular weight excluding hydrogens is 196 g/mol. The van der Waals surface area contributed by atoms with E-state index >= 15 is 0 Å². The number of nitrogens with one attached hydrogen (secondary N) is 1. The normalized spacial score (nSPS) is 16.3. The minimum Gasteiger partial charge on any atom is -0.359 e. The zero-order valence-electron chi connectivity index (χ0n) is 9.50. The molecule has 0 aromatic heterocycles. The van der Waals surface area contributed by atoms with Gasteiger partial charge in [-0.05, 0) is 33.6 Å². The summed E-state index contributed by atoms with van der Waals surface area (Å²) in [6, 6.07) is 0. The van der Waals surface area contributed by atoms with E-state index in [-0.39, 0.29) is 5.54 Å². The number of carbonyl (C=O) groups excluding carboxylic acids is 2. The summed E-state index contributed by atoms with van der Waals surface area (Å²) in [5.41, 5.74) is -0.387. The van der Waals surface area contributed by atoms with Crippen molar-refractivity contribution in [2.24, 2.45) is 0 Å². The Hall–Kier alpha value is -1.26. The molecule has 0 spiro atoms. The highest BCUT2D eigenvalue weighted by molar-refractivity contribution is 5.83. The third kappa shape index (κ3) is 4.18. The molecule has 0 aliphatic carbocycles. The van der Waals surface area contributed by atoms with Crippen LogP contribution < -0.4 is 5.32 Å². The first-order chi connectivity index (χ1) is 6.88. The number of rotatable bonds is 0. The molecule has 1 aliphatic rings. The number of carbonyl (C=O) groups is 2. The maximum atomic E-state index is 11.4. The summed E-state index contributed by atoms with van der Waals surface area (Å²) in [5.74, 6) is 0. The molecule has 0 atom stereocenters. The van der Waals surface area contributed by atoms with E-state index < -0.39 is 12.2 Å². The highest BCUT2D eigenvalue weighted by atomic mass is 16.6. The van der Waals surface area contributed by atoms with Crippen LogP contribution in [0, 0.1) is 0 Å². The summed E-state index contributed by atoms with van der Waals surface area (Å²) >= 11 is 0. The summed E-state index contributed by atoms with van der Waals surface area (Å²) in [6.45, 7) is 6.85. The molecular formula is C10H18N2O3. The topological polar surface area (TPSA) is 58.6 Å². The van der Waals surface area contributed by atoms with Crippen LogP contribution in [0.3, 0.4) is 0 Å². The fourth-order valence-corrected chi connectivity index (χ4v) is 1.38. The molecule has 86 valence electrons. The van der Waals surface area contributed by atoms with Gasteiger partial charge in [0.25, 0.3) is 0 Å². The second-order valence-electron chi connectivity index (χ2n) is 4.72. The maximum absolute atomic E-state index is 11.4. The van der Waals surface area contributed by atoms with E-state index in [1.165, 1.54) is 0 Å². The lowest BCUT2D eigenvalue weighted by molar-refractivity contribution is 0.120. The number of alkyl carbamates (subject to hydrolysis) is 1. The first-order valence-corrected chi connectivity index (χ1v) is 5.17. The molecule has 1 saturated heterocycles. The summed E-state index contributed by atoms with van der Waals surface area (Å²) in [6.07, 6.45) is 0.736. The Labute approximate surface area is 89.8 Å². The number of nitrogens with zero attached hydrogens (tertiary/aromatic N) is 1. The maximum Gasteiger partial charge on any atom is 0.418 e. The minimum absolute atomic E-state index is 0.387. The van der Waals surface area contributed by atoms with Gasteiger partial charge in [0.2, 0.25) is 0 Å². The molecule has 1 rings (SSSR count). The third-order valence-electron chi connectivity index (χ3n) is 2.02. The van der Waals surface area contributed by atoms with Crippen molar-refractivity contribution in [3.05, 3.63) is 0 Å². The lowest BCUT2D eigenvalue weighted by atomic mass is 10.1. The molecule has 1 fully saturated rings. The summed E-state index contributed by atoms with van der Waals surface area (Å²) in [7, 11) is 0. The van der Waals surface area contributed by atoms with E-state index in [4.69, 9.17) is 0 Å². The molecule has 15 heavy (non-hydrogen) atoms. The zero-order valence-corrected chi connectivity index (χ0v) is 9.50.